The maximum Gasteiger partial charge on any atom is 0.186 e. The zero-order valence-electron chi connectivity index (χ0n) is 19.4. The third-order valence-corrected chi connectivity index (χ3v) is 7.75. The highest BCUT2D eigenvalue weighted by Crippen LogP contribution is 2.35. The van der Waals surface area contributed by atoms with Crippen molar-refractivity contribution in [3.63, 3.8) is 0 Å². The number of methoxy groups -OCH3 is 1. The molecular formula is C24H26F2N6O2S. The van der Waals surface area contributed by atoms with Gasteiger partial charge in [-0.15, -0.1) is 0 Å². The van der Waals surface area contributed by atoms with Crippen LogP contribution in [0.2, 0.25) is 0 Å². The summed E-state index contributed by atoms with van der Waals surface area (Å²) in [7, 11) is 1.64. The number of nitrogens with zero attached hydrogens (tertiary/aromatic N) is 6. The molecule has 1 N–H and O–H groups in total. The molecule has 0 radical (unpaired) electrons. The molecule has 4 aromatic rings. The lowest BCUT2D eigenvalue weighted by Crippen LogP contribution is -2.57. The van der Waals surface area contributed by atoms with E-state index in [0.717, 1.165) is 33.2 Å². The maximum atomic E-state index is 14.9. The van der Waals surface area contributed by atoms with Crippen LogP contribution >= 0.6 is 11.3 Å². The van der Waals surface area contributed by atoms with Gasteiger partial charge in [-0.3, -0.25) is 4.90 Å². The van der Waals surface area contributed by atoms with Gasteiger partial charge in [0.2, 0.25) is 0 Å². The number of rotatable bonds is 7. The number of ether oxygens (including phenoxy) is 1. The van der Waals surface area contributed by atoms with Crippen molar-refractivity contribution in [2.75, 3.05) is 38.2 Å². The summed E-state index contributed by atoms with van der Waals surface area (Å²) >= 11 is 1.61. The number of halogens is 2. The second-order valence-electron chi connectivity index (χ2n) is 8.67. The number of fused-ring (bicyclic) bond motifs is 1. The number of benzene rings is 2. The molecule has 5 rings (SSSR count). The first kappa shape index (κ1) is 23.6. The van der Waals surface area contributed by atoms with Crippen LogP contribution in [0.3, 0.4) is 0 Å². The molecule has 2 aromatic carbocycles. The van der Waals surface area contributed by atoms with Crippen molar-refractivity contribution in [1.82, 2.24) is 24.6 Å². The monoisotopic (exact) mass is 500 g/mol. The van der Waals surface area contributed by atoms with Crippen molar-refractivity contribution in [2.45, 2.75) is 25.1 Å². The highest BCUT2D eigenvalue weighted by Gasteiger charge is 2.42. The molecule has 1 aliphatic heterocycles. The molecule has 2 aromatic heterocycles. The Morgan fingerprint density at radius 2 is 1.94 bits per heavy atom. The second-order valence-corrected chi connectivity index (χ2v) is 9.68. The Bertz CT molecular complexity index is 1310. The Morgan fingerprint density at radius 3 is 2.63 bits per heavy atom. The van der Waals surface area contributed by atoms with Gasteiger partial charge in [0.25, 0.3) is 0 Å². The van der Waals surface area contributed by atoms with E-state index < -0.39 is 23.3 Å². The van der Waals surface area contributed by atoms with E-state index in [2.05, 4.69) is 19.9 Å². The van der Waals surface area contributed by atoms with E-state index in [-0.39, 0.29) is 12.1 Å². The quantitative estimate of drug-likeness (QED) is 0.417. The number of anilines is 1. The Balaban J connectivity index is 1.36. The summed E-state index contributed by atoms with van der Waals surface area (Å²) < 4.78 is 36.3. The molecule has 0 bridgehead atoms. The van der Waals surface area contributed by atoms with Crippen LogP contribution < -0.4 is 9.64 Å². The molecule has 184 valence electrons. The predicted octanol–water partition coefficient (Wildman–Crippen LogP) is 3.27. The minimum Gasteiger partial charge on any atom is -0.497 e. The first-order valence-corrected chi connectivity index (χ1v) is 12.1. The van der Waals surface area contributed by atoms with Crippen LogP contribution in [0.15, 0.2) is 49.1 Å². The van der Waals surface area contributed by atoms with Crippen molar-refractivity contribution < 1.29 is 18.6 Å². The lowest BCUT2D eigenvalue weighted by Gasteiger charge is -2.44. The molecule has 0 spiro atoms. The summed E-state index contributed by atoms with van der Waals surface area (Å²) in [6.07, 6.45) is 2.83. The zero-order chi connectivity index (χ0) is 24.6. The Labute approximate surface area is 205 Å². The Hall–Kier alpha value is -3.15. The fraction of sp³-hybridized carbons (Fsp3) is 0.375. The summed E-state index contributed by atoms with van der Waals surface area (Å²) in [5.74, 6) is -0.682. The molecule has 3 heterocycles. The normalized spacial score (nSPS) is 17.5. The standard InChI is InChI=1S/C24H26F2N6O2S/c1-16(24(33,13-32-15-27-14-28-32)19-5-3-17(25)11-20(19)26)30-7-9-31(10-8-30)23-29-21-6-4-18(34-2)12-22(21)35-23/h3-6,11-12,14-16,33H,7-10,13H2,1-2H3. The molecule has 35 heavy (non-hydrogen) atoms. The molecule has 2 atom stereocenters. The molecule has 0 aliphatic carbocycles. The van der Waals surface area contributed by atoms with E-state index in [1.54, 1.807) is 18.4 Å². The highest BCUT2D eigenvalue weighted by atomic mass is 32.1. The van der Waals surface area contributed by atoms with Crippen molar-refractivity contribution in [2.24, 2.45) is 0 Å². The molecule has 1 saturated heterocycles. The van der Waals surface area contributed by atoms with E-state index in [0.29, 0.717) is 26.2 Å². The fourth-order valence-corrected chi connectivity index (χ4v) is 5.65. The Kier molecular flexibility index (Phi) is 6.39. The zero-order valence-corrected chi connectivity index (χ0v) is 20.3. The summed E-state index contributed by atoms with van der Waals surface area (Å²) in [5.41, 5.74) is -0.694. The van der Waals surface area contributed by atoms with Crippen LogP contribution in [0.25, 0.3) is 10.2 Å². The van der Waals surface area contributed by atoms with Gasteiger partial charge in [0.1, 0.15) is 35.6 Å². The summed E-state index contributed by atoms with van der Waals surface area (Å²) in [6, 6.07) is 8.63. The van der Waals surface area contributed by atoms with Crippen LogP contribution in [0.4, 0.5) is 13.9 Å². The number of aromatic nitrogens is 4. The molecule has 1 fully saturated rings. The highest BCUT2D eigenvalue weighted by molar-refractivity contribution is 7.22. The Morgan fingerprint density at radius 1 is 1.14 bits per heavy atom. The lowest BCUT2D eigenvalue weighted by molar-refractivity contribution is -0.0650. The van der Waals surface area contributed by atoms with Gasteiger partial charge in [-0.1, -0.05) is 17.4 Å². The molecule has 0 saturated carbocycles. The van der Waals surface area contributed by atoms with E-state index in [1.165, 1.54) is 23.4 Å². The summed E-state index contributed by atoms with van der Waals surface area (Å²) in [5, 5.41) is 16.9. The van der Waals surface area contributed by atoms with Crippen LogP contribution in [0.5, 0.6) is 5.75 Å². The number of piperazine rings is 1. The van der Waals surface area contributed by atoms with Gasteiger partial charge in [0, 0.05) is 43.9 Å². The molecule has 11 heteroatoms. The lowest BCUT2D eigenvalue weighted by atomic mass is 9.85. The van der Waals surface area contributed by atoms with Crippen molar-refractivity contribution in [3.8, 4) is 5.75 Å². The summed E-state index contributed by atoms with van der Waals surface area (Å²) in [4.78, 5) is 13.0. The van der Waals surface area contributed by atoms with E-state index in [4.69, 9.17) is 9.72 Å². The van der Waals surface area contributed by atoms with Gasteiger partial charge < -0.3 is 14.7 Å². The third kappa shape index (κ3) is 4.58. The van der Waals surface area contributed by atoms with Gasteiger partial charge in [-0.25, -0.2) is 23.4 Å². The van der Waals surface area contributed by atoms with Crippen LogP contribution in [0, 0.1) is 11.6 Å². The second kappa shape index (κ2) is 9.48. The van der Waals surface area contributed by atoms with E-state index in [1.807, 2.05) is 25.1 Å². The average Bonchev–Trinajstić information content (AvgIpc) is 3.52. The van der Waals surface area contributed by atoms with Crippen LogP contribution in [-0.4, -0.2) is 69.1 Å². The first-order chi connectivity index (χ1) is 16.9. The summed E-state index contributed by atoms with van der Waals surface area (Å²) in [6.45, 7) is 4.53. The third-order valence-electron chi connectivity index (χ3n) is 6.68. The smallest absolute Gasteiger partial charge is 0.186 e. The van der Waals surface area contributed by atoms with Gasteiger partial charge in [-0.05, 0) is 31.2 Å². The van der Waals surface area contributed by atoms with E-state index >= 15 is 0 Å². The van der Waals surface area contributed by atoms with Gasteiger partial charge in [-0.2, -0.15) is 5.10 Å². The topological polar surface area (TPSA) is 79.5 Å². The van der Waals surface area contributed by atoms with E-state index in [9.17, 15) is 13.9 Å². The predicted molar refractivity (Wildman–Crippen MR) is 130 cm³/mol. The van der Waals surface area contributed by atoms with Gasteiger partial charge in [0.05, 0.1) is 23.9 Å². The average molecular weight is 501 g/mol. The number of hydrogen-bond donors (Lipinski definition) is 1. The largest absolute Gasteiger partial charge is 0.497 e. The molecular weight excluding hydrogens is 474 g/mol. The SMILES string of the molecule is COc1ccc2nc(N3CCN(C(C)C(O)(Cn4cncn4)c4ccc(F)cc4F)CC3)sc2c1. The molecule has 1 aliphatic rings. The molecule has 0 amide bonds. The number of thiazole rings is 1. The van der Waals surface area contributed by atoms with Crippen molar-refractivity contribution in [3.05, 3.63) is 66.3 Å². The van der Waals surface area contributed by atoms with Gasteiger partial charge in [0.15, 0.2) is 5.13 Å². The minimum absolute atomic E-state index is 0.0172. The minimum atomic E-state index is -1.65. The van der Waals surface area contributed by atoms with Gasteiger partial charge >= 0.3 is 0 Å². The molecule has 2 unspecified atom stereocenters. The van der Waals surface area contributed by atoms with Crippen molar-refractivity contribution >= 4 is 26.7 Å². The van der Waals surface area contributed by atoms with Crippen molar-refractivity contribution in [1.29, 1.82) is 0 Å². The first-order valence-electron chi connectivity index (χ1n) is 11.3. The van der Waals surface area contributed by atoms with Crippen LogP contribution in [0.1, 0.15) is 12.5 Å². The molecule has 8 nitrogen and oxygen atoms in total. The number of hydrogen-bond acceptors (Lipinski definition) is 8. The number of aliphatic hydroxyl groups is 1. The van der Waals surface area contributed by atoms with Crippen LogP contribution in [-0.2, 0) is 12.1 Å². The maximum absolute atomic E-state index is 14.9. The fourth-order valence-electron chi connectivity index (χ4n) is 4.60.